The zero-order chi connectivity index (χ0) is 12.3. The number of rotatable bonds is 4. The van der Waals surface area contributed by atoms with Crippen LogP contribution in [0, 0.1) is 17.3 Å². The second-order valence-electron chi connectivity index (χ2n) is 5.64. The molecule has 0 aromatic heterocycles. The molecule has 3 nitrogen and oxygen atoms in total. The van der Waals surface area contributed by atoms with E-state index < -0.39 is 5.97 Å². The van der Waals surface area contributed by atoms with Gasteiger partial charge in [-0.1, -0.05) is 20.8 Å². The fraction of sp³-hybridized carbons (Fsp3) is 0.923. The van der Waals surface area contributed by atoms with Crippen molar-refractivity contribution >= 4 is 5.97 Å². The normalized spacial score (nSPS) is 37.0. The SMILES string of the molecule is CCC(N)C1(CC(=O)O)CCC(C)C(C)C1. The van der Waals surface area contributed by atoms with Crippen molar-refractivity contribution in [2.24, 2.45) is 23.0 Å². The smallest absolute Gasteiger partial charge is 0.303 e. The van der Waals surface area contributed by atoms with E-state index in [0.717, 1.165) is 25.7 Å². The van der Waals surface area contributed by atoms with Crippen LogP contribution in [0.5, 0.6) is 0 Å². The summed E-state index contributed by atoms with van der Waals surface area (Å²) in [6, 6.07) is 0.0264. The second kappa shape index (κ2) is 5.17. The fourth-order valence-electron chi connectivity index (χ4n) is 3.11. The molecule has 0 spiro atoms. The van der Waals surface area contributed by atoms with Gasteiger partial charge < -0.3 is 10.8 Å². The van der Waals surface area contributed by atoms with E-state index in [1.165, 1.54) is 0 Å². The van der Waals surface area contributed by atoms with Crippen LogP contribution in [0.2, 0.25) is 0 Å². The molecule has 1 aliphatic rings. The zero-order valence-corrected chi connectivity index (χ0v) is 10.7. The van der Waals surface area contributed by atoms with E-state index in [-0.39, 0.29) is 17.9 Å². The molecule has 16 heavy (non-hydrogen) atoms. The highest BCUT2D eigenvalue weighted by molar-refractivity contribution is 5.68. The molecule has 0 bridgehead atoms. The molecule has 1 rings (SSSR count). The Morgan fingerprint density at radius 3 is 2.56 bits per heavy atom. The summed E-state index contributed by atoms with van der Waals surface area (Å²) in [4.78, 5) is 11.0. The number of hydrogen-bond acceptors (Lipinski definition) is 2. The number of carbonyl (C=O) groups is 1. The van der Waals surface area contributed by atoms with Crippen molar-refractivity contribution in [3.8, 4) is 0 Å². The van der Waals surface area contributed by atoms with E-state index in [1.807, 2.05) is 0 Å². The van der Waals surface area contributed by atoms with Gasteiger partial charge >= 0.3 is 5.97 Å². The first-order valence-electron chi connectivity index (χ1n) is 6.38. The molecule has 4 atom stereocenters. The van der Waals surface area contributed by atoms with Crippen molar-refractivity contribution < 1.29 is 9.90 Å². The van der Waals surface area contributed by atoms with E-state index in [4.69, 9.17) is 10.8 Å². The molecule has 3 N–H and O–H groups in total. The third kappa shape index (κ3) is 2.76. The van der Waals surface area contributed by atoms with Crippen LogP contribution in [0.1, 0.15) is 52.9 Å². The van der Waals surface area contributed by atoms with Gasteiger partial charge in [0.15, 0.2) is 0 Å². The summed E-state index contributed by atoms with van der Waals surface area (Å²) < 4.78 is 0. The van der Waals surface area contributed by atoms with Crippen LogP contribution < -0.4 is 5.73 Å². The van der Waals surface area contributed by atoms with Crippen molar-refractivity contribution in [1.29, 1.82) is 0 Å². The van der Waals surface area contributed by atoms with Gasteiger partial charge in [0.25, 0.3) is 0 Å². The lowest BCUT2D eigenvalue weighted by Gasteiger charge is -2.45. The molecule has 0 aromatic rings. The third-order valence-corrected chi connectivity index (χ3v) is 4.53. The molecule has 0 amide bonds. The van der Waals surface area contributed by atoms with Crippen molar-refractivity contribution in [3.05, 3.63) is 0 Å². The van der Waals surface area contributed by atoms with E-state index in [2.05, 4.69) is 20.8 Å². The summed E-state index contributed by atoms with van der Waals surface area (Å²) in [6.45, 7) is 6.53. The van der Waals surface area contributed by atoms with Gasteiger partial charge in [0.2, 0.25) is 0 Å². The van der Waals surface area contributed by atoms with Gasteiger partial charge in [-0.05, 0) is 42.9 Å². The van der Waals surface area contributed by atoms with Gasteiger partial charge in [0.1, 0.15) is 0 Å². The maximum Gasteiger partial charge on any atom is 0.303 e. The predicted octanol–water partition coefficient (Wildman–Crippen LogP) is 2.64. The first kappa shape index (κ1) is 13.5. The Labute approximate surface area is 98.4 Å². The molecule has 1 aliphatic carbocycles. The highest BCUT2D eigenvalue weighted by Crippen LogP contribution is 2.46. The molecule has 3 heteroatoms. The van der Waals surface area contributed by atoms with Gasteiger partial charge in [0, 0.05) is 6.04 Å². The molecule has 1 fully saturated rings. The Bertz CT molecular complexity index is 254. The van der Waals surface area contributed by atoms with Crippen LogP contribution in [0.4, 0.5) is 0 Å². The van der Waals surface area contributed by atoms with Crippen LogP contribution in [0.15, 0.2) is 0 Å². The van der Waals surface area contributed by atoms with Crippen molar-refractivity contribution in [2.75, 3.05) is 0 Å². The van der Waals surface area contributed by atoms with Crippen LogP contribution in [-0.2, 0) is 4.79 Å². The quantitative estimate of drug-likeness (QED) is 0.776. The Hall–Kier alpha value is -0.570. The average molecular weight is 227 g/mol. The molecule has 0 aliphatic heterocycles. The highest BCUT2D eigenvalue weighted by Gasteiger charge is 2.42. The number of nitrogens with two attached hydrogens (primary N) is 1. The van der Waals surface area contributed by atoms with E-state index >= 15 is 0 Å². The molecule has 0 saturated heterocycles. The lowest BCUT2D eigenvalue weighted by molar-refractivity contribution is -0.141. The molecular formula is C13H25NO2. The van der Waals surface area contributed by atoms with Crippen molar-refractivity contribution in [2.45, 2.75) is 58.9 Å². The predicted molar refractivity (Wildman–Crippen MR) is 65.1 cm³/mol. The standard InChI is InChI=1S/C13H25NO2/c1-4-11(14)13(8-12(15)16)6-5-9(2)10(3)7-13/h9-11H,4-8,14H2,1-3H3,(H,15,16). The second-order valence-corrected chi connectivity index (χ2v) is 5.64. The summed E-state index contributed by atoms with van der Waals surface area (Å²) in [6.07, 6.45) is 4.16. The molecule has 1 saturated carbocycles. The van der Waals surface area contributed by atoms with E-state index in [0.29, 0.717) is 11.8 Å². The molecule has 0 radical (unpaired) electrons. The Morgan fingerprint density at radius 1 is 1.50 bits per heavy atom. The van der Waals surface area contributed by atoms with E-state index in [9.17, 15) is 4.79 Å². The number of carboxylic acid groups (broad SMARTS) is 1. The van der Waals surface area contributed by atoms with Gasteiger partial charge in [0.05, 0.1) is 6.42 Å². The summed E-state index contributed by atoms with van der Waals surface area (Å²) in [7, 11) is 0. The third-order valence-electron chi connectivity index (χ3n) is 4.53. The van der Waals surface area contributed by atoms with Crippen LogP contribution >= 0.6 is 0 Å². The minimum absolute atomic E-state index is 0.0264. The summed E-state index contributed by atoms with van der Waals surface area (Å²) in [5.41, 5.74) is 6.02. The number of carboxylic acids is 1. The summed E-state index contributed by atoms with van der Waals surface area (Å²) >= 11 is 0. The topological polar surface area (TPSA) is 63.3 Å². The summed E-state index contributed by atoms with van der Waals surface area (Å²) in [5, 5.41) is 9.07. The van der Waals surface area contributed by atoms with Crippen molar-refractivity contribution in [3.63, 3.8) is 0 Å². The molecule has 0 aromatic carbocycles. The van der Waals surface area contributed by atoms with Gasteiger partial charge in [-0.25, -0.2) is 0 Å². The molecule has 4 unspecified atom stereocenters. The highest BCUT2D eigenvalue weighted by atomic mass is 16.4. The minimum Gasteiger partial charge on any atom is -0.481 e. The van der Waals surface area contributed by atoms with Crippen LogP contribution in [0.25, 0.3) is 0 Å². The number of hydrogen-bond donors (Lipinski definition) is 2. The number of aliphatic carboxylic acids is 1. The monoisotopic (exact) mass is 227 g/mol. The van der Waals surface area contributed by atoms with Gasteiger partial charge in [-0.15, -0.1) is 0 Å². The Morgan fingerprint density at radius 2 is 2.12 bits per heavy atom. The zero-order valence-electron chi connectivity index (χ0n) is 10.7. The maximum absolute atomic E-state index is 11.0. The minimum atomic E-state index is -0.703. The first-order chi connectivity index (χ1) is 7.41. The molecule has 0 heterocycles. The summed E-state index contributed by atoms with van der Waals surface area (Å²) in [5.74, 6) is 0.585. The first-order valence-corrected chi connectivity index (χ1v) is 6.38. The maximum atomic E-state index is 11.0. The lowest BCUT2D eigenvalue weighted by atomic mass is 9.61. The fourth-order valence-corrected chi connectivity index (χ4v) is 3.11. The van der Waals surface area contributed by atoms with Crippen LogP contribution in [-0.4, -0.2) is 17.1 Å². The Kier molecular flexibility index (Phi) is 4.36. The lowest BCUT2D eigenvalue weighted by Crippen LogP contribution is -2.47. The van der Waals surface area contributed by atoms with Gasteiger partial charge in [-0.2, -0.15) is 0 Å². The van der Waals surface area contributed by atoms with Gasteiger partial charge in [-0.3, -0.25) is 4.79 Å². The van der Waals surface area contributed by atoms with Crippen molar-refractivity contribution in [1.82, 2.24) is 0 Å². The molecular weight excluding hydrogens is 202 g/mol. The van der Waals surface area contributed by atoms with Crippen LogP contribution in [0.3, 0.4) is 0 Å². The van der Waals surface area contributed by atoms with E-state index in [1.54, 1.807) is 0 Å². The molecule has 94 valence electrons. The largest absolute Gasteiger partial charge is 0.481 e. The Balaban J connectivity index is 2.83. The average Bonchev–Trinajstić information content (AvgIpc) is 2.21.